The van der Waals surface area contributed by atoms with E-state index in [0.717, 1.165) is 22.4 Å². The Morgan fingerprint density at radius 2 is 1.87 bits per heavy atom. The largest absolute Gasteiger partial charge is 0.325 e. The van der Waals surface area contributed by atoms with E-state index in [4.69, 9.17) is 11.6 Å². The SMILES string of the molecule is Cc1ccc(NC(=O)CSc2nc(-c3ccc(Cl)cc3)nc3cc(=O)[nH]n23)cc1C. The molecule has 0 saturated heterocycles. The number of hydrogen-bond donors (Lipinski definition) is 2. The summed E-state index contributed by atoms with van der Waals surface area (Å²) >= 11 is 7.17. The highest BCUT2D eigenvalue weighted by molar-refractivity contribution is 7.99. The highest BCUT2D eigenvalue weighted by Crippen LogP contribution is 2.23. The number of halogens is 1. The number of aromatic nitrogens is 4. The van der Waals surface area contributed by atoms with Crippen molar-refractivity contribution in [2.45, 2.75) is 19.0 Å². The summed E-state index contributed by atoms with van der Waals surface area (Å²) < 4.78 is 1.48. The quantitative estimate of drug-likeness (QED) is 0.457. The van der Waals surface area contributed by atoms with E-state index in [2.05, 4.69) is 20.4 Å². The molecule has 30 heavy (non-hydrogen) atoms. The minimum Gasteiger partial charge on any atom is -0.325 e. The van der Waals surface area contributed by atoms with Crippen molar-refractivity contribution >= 4 is 40.6 Å². The van der Waals surface area contributed by atoms with Crippen LogP contribution in [0, 0.1) is 13.8 Å². The van der Waals surface area contributed by atoms with Gasteiger partial charge in [0, 0.05) is 22.3 Å². The van der Waals surface area contributed by atoms with Crippen LogP contribution >= 0.6 is 23.4 Å². The molecule has 0 atom stereocenters. The topological polar surface area (TPSA) is 92.2 Å². The smallest absolute Gasteiger partial charge is 0.266 e. The van der Waals surface area contributed by atoms with Crippen LogP contribution in [-0.2, 0) is 4.79 Å². The van der Waals surface area contributed by atoms with Crippen molar-refractivity contribution < 1.29 is 4.79 Å². The molecule has 0 spiro atoms. The standard InChI is InChI=1S/C21H18ClN5O2S/c1-12-3-8-16(9-13(12)2)23-19(29)11-30-21-25-20(14-4-6-15(22)7-5-14)24-17-10-18(28)26-27(17)21/h3-10H,11H2,1-2H3,(H,23,29)(H,26,28). The van der Waals surface area contributed by atoms with Gasteiger partial charge in [-0.3, -0.25) is 14.7 Å². The van der Waals surface area contributed by atoms with Gasteiger partial charge in [0.25, 0.3) is 5.56 Å². The Kier molecular flexibility index (Phi) is 5.61. The Hall–Kier alpha value is -3.10. The Bertz CT molecular complexity index is 1300. The molecule has 9 heteroatoms. The number of amides is 1. The van der Waals surface area contributed by atoms with E-state index in [0.29, 0.717) is 21.7 Å². The predicted molar refractivity (Wildman–Crippen MR) is 119 cm³/mol. The minimum atomic E-state index is -0.293. The summed E-state index contributed by atoms with van der Waals surface area (Å²) in [5.74, 6) is 0.402. The molecule has 0 fully saturated rings. The number of H-pyrrole nitrogens is 1. The first kappa shape index (κ1) is 20.2. The van der Waals surface area contributed by atoms with Crippen LogP contribution in [0.3, 0.4) is 0 Å². The van der Waals surface area contributed by atoms with Gasteiger partial charge in [0.05, 0.1) is 5.75 Å². The number of fused-ring (bicyclic) bond motifs is 1. The third kappa shape index (κ3) is 4.39. The van der Waals surface area contributed by atoms with Crippen molar-refractivity contribution in [1.29, 1.82) is 0 Å². The zero-order chi connectivity index (χ0) is 21.3. The Morgan fingerprint density at radius 1 is 1.10 bits per heavy atom. The van der Waals surface area contributed by atoms with Gasteiger partial charge in [-0.05, 0) is 61.4 Å². The molecule has 0 saturated carbocycles. The highest BCUT2D eigenvalue weighted by atomic mass is 35.5. The molecule has 0 aliphatic heterocycles. The van der Waals surface area contributed by atoms with E-state index >= 15 is 0 Å². The van der Waals surface area contributed by atoms with E-state index in [1.54, 1.807) is 24.3 Å². The van der Waals surface area contributed by atoms with E-state index in [1.165, 1.54) is 22.3 Å². The van der Waals surface area contributed by atoms with Gasteiger partial charge in [-0.1, -0.05) is 29.4 Å². The van der Waals surface area contributed by atoms with E-state index < -0.39 is 0 Å². The van der Waals surface area contributed by atoms with Crippen LogP contribution in [0.4, 0.5) is 5.69 Å². The molecule has 2 aromatic heterocycles. The number of carbonyl (C=O) groups is 1. The summed E-state index contributed by atoms with van der Waals surface area (Å²) in [6.45, 7) is 4.02. The molecule has 0 aliphatic rings. The van der Waals surface area contributed by atoms with Gasteiger partial charge >= 0.3 is 0 Å². The molecule has 0 unspecified atom stereocenters. The number of nitrogens with one attached hydrogen (secondary N) is 2. The number of benzene rings is 2. The summed E-state index contributed by atoms with van der Waals surface area (Å²) in [6, 6.07) is 14.3. The highest BCUT2D eigenvalue weighted by Gasteiger charge is 2.13. The fourth-order valence-corrected chi connectivity index (χ4v) is 3.73. The zero-order valence-corrected chi connectivity index (χ0v) is 17.8. The number of aromatic amines is 1. The van der Waals surface area contributed by atoms with Crippen LogP contribution in [0.5, 0.6) is 0 Å². The Labute approximate surface area is 181 Å². The van der Waals surface area contributed by atoms with Crippen LogP contribution in [-0.4, -0.2) is 31.2 Å². The lowest BCUT2D eigenvalue weighted by Gasteiger charge is -2.09. The van der Waals surface area contributed by atoms with Gasteiger partial charge in [-0.15, -0.1) is 0 Å². The molecule has 2 aromatic carbocycles. The van der Waals surface area contributed by atoms with Gasteiger partial charge in [0.2, 0.25) is 5.91 Å². The van der Waals surface area contributed by atoms with Crippen LogP contribution in [0.2, 0.25) is 5.02 Å². The molecule has 7 nitrogen and oxygen atoms in total. The van der Waals surface area contributed by atoms with Gasteiger partial charge in [0.1, 0.15) is 0 Å². The number of hydrogen-bond acceptors (Lipinski definition) is 5. The molecule has 4 aromatic rings. The second kappa shape index (κ2) is 8.33. The zero-order valence-electron chi connectivity index (χ0n) is 16.3. The third-order valence-corrected chi connectivity index (χ3v) is 5.74. The second-order valence-corrected chi connectivity index (χ2v) is 8.17. The van der Waals surface area contributed by atoms with Gasteiger partial charge in [-0.25, -0.2) is 14.5 Å². The molecular weight excluding hydrogens is 422 g/mol. The monoisotopic (exact) mass is 439 g/mol. The first-order chi connectivity index (χ1) is 14.4. The van der Waals surface area contributed by atoms with Gasteiger partial charge < -0.3 is 5.32 Å². The number of carbonyl (C=O) groups excluding carboxylic acids is 1. The fraction of sp³-hybridized carbons (Fsp3) is 0.143. The number of nitrogens with zero attached hydrogens (tertiary/aromatic N) is 3. The molecule has 0 bridgehead atoms. The first-order valence-electron chi connectivity index (χ1n) is 9.15. The molecule has 4 rings (SSSR count). The minimum absolute atomic E-state index is 0.124. The molecule has 0 aliphatic carbocycles. The summed E-state index contributed by atoms with van der Waals surface area (Å²) in [4.78, 5) is 33.2. The molecule has 0 radical (unpaired) electrons. The summed E-state index contributed by atoms with van der Waals surface area (Å²) in [5, 5.41) is 6.62. The Balaban J connectivity index is 1.58. The average molecular weight is 440 g/mol. The normalized spacial score (nSPS) is 11.0. The van der Waals surface area contributed by atoms with Crippen molar-refractivity contribution in [2.75, 3.05) is 11.1 Å². The summed E-state index contributed by atoms with van der Waals surface area (Å²) in [5.41, 5.74) is 3.91. The van der Waals surface area contributed by atoms with Crippen LogP contribution in [0.1, 0.15) is 11.1 Å². The lowest BCUT2D eigenvalue weighted by molar-refractivity contribution is -0.113. The maximum Gasteiger partial charge on any atom is 0.266 e. The van der Waals surface area contributed by atoms with Crippen molar-refractivity contribution in [3.05, 3.63) is 75.0 Å². The predicted octanol–water partition coefficient (Wildman–Crippen LogP) is 4.09. The number of anilines is 1. The van der Waals surface area contributed by atoms with Crippen molar-refractivity contribution in [1.82, 2.24) is 19.6 Å². The van der Waals surface area contributed by atoms with Gasteiger partial charge in [-0.2, -0.15) is 0 Å². The fourth-order valence-electron chi connectivity index (χ4n) is 2.85. The average Bonchev–Trinajstić information content (AvgIpc) is 3.09. The van der Waals surface area contributed by atoms with E-state index in [-0.39, 0.29) is 17.2 Å². The number of aryl methyl sites for hydroxylation is 2. The lowest BCUT2D eigenvalue weighted by atomic mass is 10.1. The van der Waals surface area contributed by atoms with Crippen molar-refractivity contribution in [3.8, 4) is 11.4 Å². The summed E-state index contributed by atoms with van der Waals surface area (Å²) in [7, 11) is 0. The van der Waals surface area contributed by atoms with Crippen LogP contribution < -0.4 is 10.9 Å². The van der Waals surface area contributed by atoms with Crippen LogP contribution in [0.25, 0.3) is 17.0 Å². The third-order valence-electron chi connectivity index (χ3n) is 4.55. The Morgan fingerprint density at radius 3 is 2.60 bits per heavy atom. The maximum absolute atomic E-state index is 12.4. The van der Waals surface area contributed by atoms with Crippen molar-refractivity contribution in [3.63, 3.8) is 0 Å². The second-order valence-electron chi connectivity index (χ2n) is 6.79. The van der Waals surface area contributed by atoms with Crippen LogP contribution in [0.15, 0.2) is 58.5 Å². The number of rotatable bonds is 5. The first-order valence-corrected chi connectivity index (χ1v) is 10.5. The summed E-state index contributed by atoms with van der Waals surface area (Å²) in [6.07, 6.45) is 0. The van der Waals surface area contributed by atoms with Gasteiger partial charge in [0.15, 0.2) is 16.6 Å². The molecule has 152 valence electrons. The van der Waals surface area contributed by atoms with E-state index in [9.17, 15) is 9.59 Å². The van der Waals surface area contributed by atoms with Crippen molar-refractivity contribution in [2.24, 2.45) is 0 Å². The molecular formula is C21H18ClN5O2S. The molecule has 2 heterocycles. The lowest BCUT2D eigenvalue weighted by Crippen LogP contribution is -2.15. The van der Waals surface area contributed by atoms with E-state index in [1.807, 2.05) is 32.0 Å². The molecule has 2 N–H and O–H groups in total. The maximum atomic E-state index is 12.4. The number of thioether (sulfide) groups is 1. The molecule has 1 amide bonds.